The van der Waals surface area contributed by atoms with Gasteiger partial charge in [0.1, 0.15) is 18.5 Å². The summed E-state index contributed by atoms with van der Waals surface area (Å²) in [6.45, 7) is 0.0157. The van der Waals surface area contributed by atoms with E-state index in [1.807, 2.05) is 24.3 Å². The molecule has 0 fully saturated rings. The molecule has 0 aliphatic carbocycles. The summed E-state index contributed by atoms with van der Waals surface area (Å²) in [5, 5.41) is 0. The number of carbonyl (C=O) groups excluding carboxylic acids is 2. The summed E-state index contributed by atoms with van der Waals surface area (Å²) in [5.41, 5.74) is 4.97. The molecular formula is C15H19IN2O4. The van der Waals surface area contributed by atoms with Crippen LogP contribution in [0.5, 0.6) is 5.75 Å². The molecule has 1 rings (SSSR count). The van der Waals surface area contributed by atoms with Gasteiger partial charge in [-0.25, -0.2) is 4.79 Å². The maximum absolute atomic E-state index is 11.5. The molecule has 22 heavy (non-hydrogen) atoms. The maximum atomic E-state index is 11.5. The maximum Gasteiger partial charge on any atom is 0.404 e. The van der Waals surface area contributed by atoms with Gasteiger partial charge in [-0.15, -0.1) is 0 Å². The van der Waals surface area contributed by atoms with Crippen LogP contribution in [0.25, 0.3) is 0 Å². The van der Waals surface area contributed by atoms with Crippen LogP contribution < -0.4 is 10.5 Å². The number of carbonyl (C=O) groups is 2. The third-order valence-electron chi connectivity index (χ3n) is 2.63. The van der Waals surface area contributed by atoms with Crippen molar-refractivity contribution in [3.05, 3.63) is 40.0 Å². The molecule has 2 amide bonds. The van der Waals surface area contributed by atoms with Crippen molar-refractivity contribution in [1.82, 2.24) is 4.90 Å². The second-order valence-electron chi connectivity index (χ2n) is 4.69. The van der Waals surface area contributed by atoms with E-state index < -0.39 is 12.2 Å². The second-order valence-corrected chi connectivity index (χ2v) is 5.94. The van der Waals surface area contributed by atoms with Crippen molar-refractivity contribution < 1.29 is 19.1 Å². The molecular weight excluding hydrogens is 399 g/mol. The van der Waals surface area contributed by atoms with Crippen LogP contribution in [0.4, 0.5) is 4.79 Å². The summed E-state index contributed by atoms with van der Waals surface area (Å²) in [4.78, 5) is 23.7. The van der Waals surface area contributed by atoms with E-state index in [0.717, 1.165) is 3.57 Å². The number of benzene rings is 1. The molecule has 0 aliphatic rings. The Labute approximate surface area is 143 Å². The van der Waals surface area contributed by atoms with Crippen molar-refractivity contribution in [2.45, 2.75) is 12.5 Å². The summed E-state index contributed by atoms with van der Waals surface area (Å²) in [5.74, 6) is 0.537. The van der Waals surface area contributed by atoms with Gasteiger partial charge in [0.2, 0.25) is 5.91 Å². The molecule has 120 valence electrons. The van der Waals surface area contributed by atoms with E-state index >= 15 is 0 Å². The van der Waals surface area contributed by atoms with Crippen LogP contribution in [0, 0.1) is 3.57 Å². The normalized spacial score (nSPS) is 12.0. The monoisotopic (exact) mass is 418 g/mol. The Morgan fingerprint density at radius 1 is 1.32 bits per heavy atom. The zero-order chi connectivity index (χ0) is 16.5. The first-order valence-corrected chi connectivity index (χ1v) is 7.68. The smallest absolute Gasteiger partial charge is 0.404 e. The fraction of sp³-hybridized carbons (Fsp3) is 0.333. The molecule has 6 nitrogen and oxygen atoms in total. The number of primary amides is 1. The van der Waals surface area contributed by atoms with Crippen LogP contribution in [0.15, 0.2) is 36.4 Å². The van der Waals surface area contributed by atoms with E-state index in [2.05, 4.69) is 22.6 Å². The molecule has 0 spiro atoms. The highest BCUT2D eigenvalue weighted by Gasteiger charge is 2.12. The third kappa shape index (κ3) is 7.30. The van der Waals surface area contributed by atoms with Crippen molar-refractivity contribution >= 4 is 34.6 Å². The lowest BCUT2D eigenvalue weighted by molar-refractivity contribution is -0.123. The van der Waals surface area contributed by atoms with Gasteiger partial charge in [-0.1, -0.05) is 6.08 Å². The minimum Gasteiger partial charge on any atom is -0.487 e. The molecule has 1 unspecified atom stereocenters. The summed E-state index contributed by atoms with van der Waals surface area (Å²) >= 11 is 2.20. The van der Waals surface area contributed by atoms with Gasteiger partial charge in [-0.3, -0.25) is 4.79 Å². The zero-order valence-corrected chi connectivity index (χ0v) is 14.6. The van der Waals surface area contributed by atoms with Crippen molar-refractivity contribution in [3.8, 4) is 5.75 Å². The quantitative estimate of drug-likeness (QED) is 0.544. The van der Waals surface area contributed by atoms with Crippen LogP contribution in [-0.4, -0.2) is 43.7 Å². The number of nitrogens with two attached hydrogens (primary N) is 1. The lowest BCUT2D eigenvalue weighted by Gasteiger charge is -2.17. The number of rotatable bonds is 7. The fourth-order valence-corrected chi connectivity index (χ4v) is 1.86. The predicted molar refractivity (Wildman–Crippen MR) is 91.6 cm³/mol. The number of hydrogen-bond acceptors (Lipinski definition) is 4. The first kappa shape index (κ1) is 18.3. The Balaban J connectivity index is 2.64. The van der Waals surface area contributed by atoms with E-state index in [1.54, 1.807) is 20.2 Å². The first-order chi connectivity index (χ1) is 10.4. The molecule has 0 bridgehead atoms. The van der Waals surface area contributed by atoms with Crippen LogP contribution in [-0.2, 0) is 9.53 Å². The van der Waals surface area contributed by atoms with Crippen molar-refractivity contribution in [3.63, 3.8) is 0 Å². The molecule has 0 aromatic heterocycles. The largest absolute Gasteiger partial charge is 0.487 e. The van der Waals surface area contributed by atoms with Crippen LogP contribution >= 0.6 is 22.6 Å². The SMILES string of the molecule is CN(C)C(=O)C=CCC(COC(N)=O)Oc1ccc(I)cc1. The average Bonchev–Trinajstić information content (AvgIpc) is 2.46. The molecule has 7 heteroatoms. The zero-order valence-electron chi connectivity index (χ0n) is 12.5. The fourth-order valence-electron chi connectivity index (χ4n) is 1.50. The van der Waals surface area contributed by atoms with Crippen LogP contribution in [0.2, 0.25) is 0 Å². The number of amides is 2. The topological polar surface area (TPSA) is 81.9 Å². The number of nitrogens with zero attached hydrogens (tertiary/aromatic N) is 1. The highest BCUT2D eigenvalue weighted by Crippen LogP contribution is 2.16. The lowest BCUT2D eigenvalue weighted by Crippen LogP contribution is -2.27. The molecule has 0 saturated heterocycles. The lowest BCUT2D eigenvalue weighted by atomic mass is 10.2. The van der Waals surface area contributed by atoms with Gasteiger partial charge in [0, 0.05) is 24.1 Å². The van der Waals surface area contributed by atoms with Gasteiger partial charge in [0.05, 0.1) is 0 Å². The first-order valence-electron chi connectivity index (χ1n) is 6.60. The average molecular weight is 418 g/mol. The van der Waals surface area contributed by atoms with Crippen LogP contribution in [0.3, 0.4) is 0 Å². The molecule has 1 aromatic carbocycles. The number of ether oxygens (including phenoxy) is 2. The number of hydrogen-bond donors (Lipinski definition) is 1. The van der Waals surface area contributed by atoms with E-state index in [4.69, 9.17) is 15.2 Å². The standard InChI is InChI=1S/C15H19IN2O4/c1-18(2)14(19)5-3-4-13(10-21-15(17)20)22-12-8-6-11(16)7-9-12/h3,5-9,13H,4,10H2,1-2H3,(H2,17,20). The van der Waals surface area contributed by atoms with Crippen molar-refractivity contribution in [2.24, 2.45) is 5.73 Å². The second kappa shape index (κ2) is 9.29. The van der Waals surface area contributed by atoms with E-state index in [0.29, 0.717) is 12.2 Å². The summed E-state index contributed by atoms with van der Waals surface area (Å²) in [7, 11) is 3.34. The van der Waals surface area contributed by atoms with Crippen molar-refractivity contribution in [2.75, 3.05) is 20.7 Å². The van der Waals surface area contributed by atoms with Crippen LogP contribution in [0.1, 0.15) is 6.42 Å². The van der Waals surface area contributed by atoms with Gasteiger partial charge in [0.15, 0.2) is 0 Å². The molecule has 2 N–H and O–H groups in total. The Morgan fingerprint density at radius 2 is 1.95 bits per heavy atom. The van der Waals surface area contributed by atoms with Crippen molar-refractivity contribution in [1.29, 1.82) is 0 Å². The van der Waals surface area contributed by atoms with Gasteiger partial charge >= 0.3 is 6.09 Å². The van der Waals surface area contributed by atoms with Gasteiger partial charge in [-0.2, -0.15) is 0 Å². The van der Waals surface area contributed by atoms with E-state index in [-0.39, 0.29) is 12.5 Å². The Morgan fingerprint density at radius 3 is 2.50 bits per heavy atom. The Kier molecular flexibility index (Phi) is 7.72. The summed E-state index contributed by atoms with van der Waals surface area (Å²) in [6.07, 6.45) is 2.28. The molecule has 0 aliphatic heterocycles. The summed E-state index contributed by atoms with van der Waals surface area (Å²) < 4.78 is 11.6. The number of likely N-dealkylation sites (N-methyl/N-ethyl adjacent to an activating group) is 1. The van der Waals surface area contributed by atoms with Gasteiger partial charge in [-0.05, 0) is 52.9 Å². The Bertz CT molecular complexity index is 529. The molecule has 0 radical (unpaired) electrons. The van der Waals surface area contributed by atoms with Gasteiger partial charge in [0.25, 0.3) is 0 Å². The highest BCUT2D eigenvalue weighted by atomic mass is 127. The highest BCUT2D eigenvalue weighted by molar-refractivity contribution is 14.1. The van der Waals surface area contributed by atoms with Gasteiger partial charge < -0.3 is 20.1 Å². The predicted octanol–water partition coefficient (Wildman–Crippen LogP) is 2.17. The number of halogens is 1. The molecule has 1 atom stereocenters. The van der Waals surface area contributed by atoms with E-state index in [1.165, 1.54) is 11.0 Å². The third-order valence-corrected chi connectivity index (χ3v) is 3.35. The minimum atomic E-state index is -0.857. The summed E-state index contributed by atoms with van der Waals surface area (Å²) in [6, 6.07) is 7.47. The molecule has 0 saturated carbocycles. The molecule has 1 aromatic rings. The Hall–Kier alpha value is -1.77. The minimum absolute atomic E-state index is 0.0157. The molecule has 0 heterocycles. The van der Waals surface area contributed by atoms with E-state index in [9.17, 15) is 9.59 Å².